The first-order valence-corrected chi connectivity index (χ1v) is 11.8. The van der Waals surface area contributed by atoms with Gasteiger partial charge in [0.05, 0.1) is 29.0 Å². The number of para-hydroxylation sites is 1. The van der Waals surface area contributed by atoms with E-state index in [0.29, 0.717) is 5.69 Å². The van der Waals surface area contributed by atoms with Gasteiger partial charge in [0.2, 0.25) is 11.8 Å². The van der Waals surface area contributed by atoms with Crippen LogP contribution in [0.15, 0.2) is 59.1 Å². The van der Waals surface area contributed by atoms with Crippen molar-refractivity contribution in [3.8, 4) is 6.07 Å². The summed E-state index contributed by atoms with van der Waals surface area (Å²) >= 11 is 0.945. The lowest BCUT2D eigenvalue weighted by Crippen LogP contribution is -2.44. The molecule has 7 nitrogen and oxygen atoms in total. The minimum atomic E-state index is -1.43. The Morgan fingerprint density at radius 1 is 1.18 bits per heavy atom. The van der Waals surface area contributed by atoms with Crippen molar-refractivity contribution in [3.63, 3.8) is 0 Å². The van der Waals surface area contributed by atoms with Gasteiger partial charge >= 0.3 is 5.97 Å². The summed E-state index contributed by atoms with van der Waals surface area (Å²) in [5.74, 6) is -5.26. The number of aryl methyl sites for hydroxylation is 1. The lowest BCUT2D eigenvalue weighted by Gasteiger charge is -2.31. The first kappa shape index (κ1) is 25.0. The van der Waals surface area contributed by atoms with E-state index in [-0.39, 0.29) is 34.4 Å². The van der Waals surface area contributed by atoms with Gasteiger partial charge in [-0.05, 0) is 36.6 Å². The Kier molecular flexibility index (Phi) is 8.44. The zero-order valence-electron chi connectivity index (χ0n) is 18.8. The maximum atomic E-state index is 14.7. The monoisotopic (exact) mass is 481 g/mol. The van der Waals surface area contributed by atoms with Crippen molar-refractivity contribution in [1.82, 2.24) is 5.32 Å². The van der Waals surface area contributed by atoms with Gasteiger partial charge in [-0.2, -0.15) is 5.26 Å². The summed E-state index contributed by atoms with van der Waals surface area (Å²) in [6.07, 6.45) is 0.739. The van der Waals surface area contributed by atoms with Gasteiger partial charge < -0.3 is 15.4 Å². The Morgan fingerprint density at radius 2 is 1.88 bits per heavy atom. The molecular formula is C25H24FN3O4S. The third kappa shape index (κ3) is 5.46. The number of nitrogens with one attached hydrogen (secondary N) is 2. The van der Waals surface area contributed by atoms with Crippen LogP contribution in [0.4, 0.5) is 10.1 Å². The van der Waals surface area contributed by atoms with Crippen LogP contribution < -0.4 is 10.6 Å². The smallest absolute Gasteiger partial charge is 0.319 e. The molecule has 9 heteroatoms. The highest BCUT2D eigenvalue weighted by atomic mass is 32.2. The van der Waals surface area contributed by atoms with Crippen LogP contribution in [0.25, 0.3) is 0 Å². The second-order valence-corrected chi connectivity index (χ2v) is 8.41. The normalized spacial score (nSPS) is 17.5. The highest BCUT2D eigenvalue weighted by molar-refractivity contribution is 8.03. The van der Waals surface area contributed by atoms with Crippen LogP contribution in [0.1, 0.15) is 30.9 Å². The molecule has 0 aromatic heterocycles. The second kappa shape index (κ2) is 11.5. The summed E-state index contributed by atoms with van der Waals surface area (Å²) in [5.41, 5.74) is 1.69. The van der Waals surface area contributed by atoms with Gasteiger partial charge in [-0.25, -0.2) is 4.39 Å². The first-order chi connectivity index (χ1) is 16.4. The highest BCUT2D eigenvalue weighted by Gasteiger charge is 2.45. The molecule has 3 rings (SSSR count). The topological polar surface area (TPSA) is 108 Å². The molecule has 0 aliphatic carbocycles. The van der Waals surface area contributed by atoms with Crippen molar-refractivity contribution in [2.75, 3.05) is 17.7 Å². The van der Waals surface area contributed by atoms with Crippen LogP contribution in [0.2, 0.25) is 0 Å². The average molecular weight is 482 g/mol. The first-order valence-electron chi connectivity index (χ1n) is 10.8. The van der Waals surface area contributed by atoms with Gasteiger partial charge in [-0.15, -0.1) is 0 Å². The van der Waals surface area contributed by atoms with Crippen molar-refractivity contribution in [2.24, 2.45) is 5.92 Å². The number of halogens is 1. The van der Waals surface area contributed by atoms with E-state index in [2.05, 4.69) is 10.6 Å². The quantitative estimate of drug-likeness (QED) is 0.438. The summed E-state index contributed by atoms with van der Waals surface area (Å²) in [6.45, 7) is 3.59. The van der Waals surface area contributed by atoms with E-state index in [4.69, 9.17) is 4.74 Å². The van der Waals surface area contributed by atoms with E-state index >= 15 is 0 Å². The number of allylic oxidation sites excluding steroid dienone is 1. The molecule has 2 aromatic carbocycles. The third-order valence-corrected chi connectivity index (χ3v) is 6.35. The standard InChI is InChI=1S/C25H24FN3O4S/c1-3-15-9-5-8-12-19(15)28-20(30)14-34-24-17(13-27)21(16-10-6-7-11-18(16)26)22(23(31)29-24)25(32)33-4-2/h5-12,21-22H,3-4,14H2,1-2H3,(H,28,30)(H,29,31)/t21-,22-/m1/s1. The Bertz CT molecular complexity index is 1170. The number of rotatable bonds is 8. The molecular weight excluding hydrogens is 457 g/mol. The fraction of sp³-hybridized carbons (Fsp3) is 0.280. The van der Waals surface area contributed by atoms with Gasteiger partial charge in [-0.1, -0.05) is 55.1 Å². The number of carbonyl (C=O) groups is 3. The maximum absolute atomic E-state index is 14.7. The molecule has 0 radical (unpaired) electrons. The van der Waals surface area contributed by atoms with Crippen molar-refractivity contribution in [3.05, 3.63) is 76.1 Å². The number of benzene rings is 2. The zero-order valence-corrected chi connectivity index (χ0v) is 19.6. The molecule has 1 heterocycles. The van der Waals surface area contributed by atoms with Crippen LogP contribution in [-0.2, 0) is 25.5 Å². The molecule has 2 atom stereocenters. The van der Waals surface area contributed by atoms with Gasteiger partial charge in [0.25, 0.3) is 0 Å². The van der Waals surface area contributed by atoms with Crippen molar-refractivity contribution in [1.29, 1.82) is 5.26 Å². The number of nitrogens with zero attached hydrogens (tertiary/aromatic N) is 1. The van der Waals surface area contributed by atoms with E-state index in [1.807, 2.05) is 31.2 Å². The predicted molar refractivity (Wildman–Crippen MR) is 127 cm³/mol. The van der Waals surface area contributed by atoms with Gasteiger partial charge in [-0.3, -0.25) is 14.4 Å². The molecule has 34 heavy (non-hydrogen) atoms. The zero-order chi connectivity index (χ0) is 24.7. The number of anilines is 1. The van der Waals surface area contributed by atoms with Crippen LogP contribution >= 0.6 is 11.8 Å². The highest BCUT2D eigenvalue weighted by Crippen LogP contribution is 2.41. The summed E-state index contributed by atoms with van der Waals surface area (Å²) in [6, 6.07) is 15.1. The molecule has 1 aliphatic rings. The number of carbonyl (C=O) groups excluding carboxylic acids is 3. The predicted octanol–water partition coefficient (Wildman–Crippen LogP) is 3.89. The molecule has 2 aromatic rings. The lowest BCUT2D eigenvalue weighted by molar-refractivity contribution is -0.152. The van der Waals surface area contributed by atoms with Crippen molar-refractivity contribution in [2.45, 2.75) is 26.2 Å². The molecule has 0 unspecified atom stereocenters. The number of hydrogen-bond donors (Lipinski definition) is 2. The summed E-state index contributed by atoms with van der Waals surface area (Å²) in [4.78, 5) is 38.1. The molecule has 2 N–H and O–H groups in total. The molecule has 0 saturated carbocycles. The number of thioether (sulfide) groups is 1. The van der Waals surface area contributed by atoms with E-state index < -0.39 is 29.5 Å². The minimum Gasteiger partial charge on any atom is -0.465 e. The number of hydrogen-bond acceptors (Lipinski definition) is 6. The van der Waals surface area contributed by atoms with Gasteiger partial charge in [0, 0.05) is 11.6 Å². The van der Waals surface area contributed by atoms with Crippen LogP contribution in [0.3, 0.4) is 0 Å². The van der Waals surface area contributed by atoms with Crippen LogP contribution in [0.5, 0.6) is 0 Å². The number of nitriles is 1. The fourth-order valence-corrected chi connectivity index (χ4v) is 4.61. The SMILES string of the molecule is CCOC(=O)[C@H]1C(=O)NC(SCC(=O)Nc2ccccc2CC)=C(C#N)[C@H]1c1ccccc1F. The molecule has 0 bridgehead atoms. The average Bonchev–Trinajstić information content (AvgIpc) is 2.83. The number of amides is 2. The molecule has 0 spiro atoms. The van der Waals surface area contributed by atoms with Crippen molar-refractivity contribution >= 4 is 35.2 Å². The van der Waals surface area contributed by atoms with Crippen LogP contribution in [-0.4, -0.2) is 30.1 Å². The fourth-order valence-electron chi connectivity index (χ4n) is 3.76. The van der Waals surface area contributed by atoms with E-state index in [1.165, 1.54) is 18.2 Å². The van der Waals surface area contributed by atoms with E-state index in [9.17, 15) is 24.0 Å². The molecule has 0 saturated heterocycles. The van der Waals surface area contributed by atoms with Crippen molar-refractivity contribution < 1.29 is 23.5 Å². The lowest BCUT2D eigenvalue weighted by atomic mass is 9.78. The minimum absolute atomic E-state index is 0.00508. The molecule has 0 fully saturated rings. The maximum Gasteiger partial charge on any atom is 0.319 e. The Balaban J connectivity index is 1.91. The second-order valence-electron chi connectivity index (χ2n) is 7.42. The Morgan fingerprint density at radius 3 is 2.56 bits per heavy atom. The molecule has 176 valence electrons. The van der Waals surface area contributed by atoms with Gasteiger partial charge in [0.1, 0.15) is 11.7 Å². The number of ether oxygens (including phenoxy) is 1. The molecule has 1 aliphatic heterocycles. The van der Waals surface area contributed by atoms with Gasteiger partial charge in [0.15, 0.2) is 0 Å². The summed E-state index contributed by atoms with van der Waals surface area (Å²) in [5, 5.41) is 15.4. The summed E-state index contributed by atoms with van der Waals surface area (Å²) < 4.78 is 19.7. The largest absolute Gasteiger partial charge is 0.465 e. The number of esters is 1. The molecule has 2 amide bonds. The third-order valence-electron chi connectivity index (χ3n) is 5.33. The van der Waals surface area contributed by atoms with E-state index in [0.717, 1.165) is 23.7 Å². The Labute approximate surface area is 201 Å². The summed E-state index contributed by atoms with van der Waals surface area (Å²) in [7, 11) is 0. The van der Waals surface area contributed by atoms with E-state index in [1.54, 1.807) is 19.1 Å². The Hall–Kier alpha value is -3.64. The van der Waals surface area contributed by atoms with Crippen LogP contribution in [0, 0.1) is 23.1 Å².